The number of nitrogens with one attached hydrogen (secondary N) is 1. The zero-order chi connectivity index (χ0) is 14.0. The van der Waals surface area contributed by atoms with Crippen LogP contribution in [0.15, 0.2) is 16.6 Å². The molecule has 0 aliphatic carbocycles. The molecule has 1 aromatic rings. The van der Waals surface area contributed by atoms with Gasteiger partial charge in [0.15, 0.2) is 0 Å². The van der Waals surface area contributed by atoms with Gasteiger partial charge in [-0.3, -0.25) is 4.79 Å². The molecule has 2 rings (SSSR count). The predicted octanol–water partition coefficient (Wildman–Crippen LogP) is 1.68. The molecule has 1 heterocycles. The topological polar surface area (TPSA) is 73.6 Å². The third-order valence-corrected chi connectivity index (χ3v) is 3.65. The molecule has 1 fully saturated rings. The molecule has 1 aliphatic heterocycles. The number of ether oxygens (including phenoxy) is 2. The van der Waals surface area contributed by atoms with Crippen molar-refractivity contribution >= 4 is 27.5 Å². The number of aryl methyl sites for hydroxylation is 1. The average Bonchev–Trinajstić information content (AvgIpc) is 2.78. The molecule has 1 amide bonds. The summed E-state index contributed by atoms with van der Waals surface area (Å²) < 4.78 is 11.4. The van der Waals surface area contributed by atoms with Gasteiger partial charge in [0.25, 0.3) is 0 Å². The van der Waals surface area contributed by atoms with Crippen LogP contribution in [0.4, 0.5) is 5.69 Å². The number of anilines is 1. The molecule has 0 bridgehead atoms. The van der Waals surface area contributed by atoms with E-state index in [4.69, 9.17) is 15.2 Å². The van der Waals surface area contributed by atoms with Gasteiger partial charge in [-0.05, 0) is 24.6 Å². The first-order valence-corrected chi connectivity index (χ1v) is 6.80. The van der Waals surface area contributed by atoms with Crippen LogP contribution in [0, 0.1) is 12.8 Å². The van der Waals surface area contributed by atoms with Gasteiger partial charge in [0.1, 0.15) is 5.75 Å². The zero-order valence-corrected chi connectivity index (χ0v) is 12.5. The quantitative estimate of drug-likeness (QED) is 0.885. The van der Waals surface area contributed by atoms with E-state index in [0.717, 1.165) is 10.0 Å². The van der Waals surface area contributed by atoms with Crippen LogP contribution in [0.5, 0.6) is 5.75 Å². The van der Waals surface area contributed by atoms with Gasteiger partial charge in [0.2, 0.25) is 5.91 Å². The highest BCUT2D eigenvalue weighted by Crippen LogP contribution is 2.32. The van der Waals surface area contributed by atoms with E-state index in [9.17, 15) is 4.79 Å². The summed E-state index contributed by atoms with van der Waals surface area (Å²) in [6, 6.07) is 3.48. The summed E-state index contributed by atoms with van der Waals surface area (Å²) in [5.41, 5.74) is 7.44. The molecule has 0 saturated carbocycles. The number of carbonyl (C=O) groups excluding carboxylic acids is 1. The van der Waals surface area contributed by atoms with Crippen LogP contribution in [-0.4, -0.2) is 32.3 Å². The van der Waals surface area contributed by atoms with Crippen molar-refractivity contribution in [2.24, 2.45) is 11.7 Å². The Kier molecular flexibility index (Phi) is 4.44. The number of benzene rings is 1. The fourth-order valence-corrected chi connectivity index (χ4v) is 2.64. The minimum absolute atomic E-state index is 0.131. The molecule has 2 atom stereocenters. The Morgan fingerprint density at radius 1 is 1.53 bits per heavy atom. The first kappa shape index (κ1) is 14.3. The van der Waals surface area contributed by atoms with E-state index < -0.39 is 0 Å². The van der Waals surface area contributed by atoms with Gasteiger partial charge in [-0.1, -0.05) is 15.9 Å². The molecule has 0 spiro atoms. The van der Waals surface area contributed by atoms with Gasteiger partial charge >= 0.3 is 0 Å². The monoisotopic (exact) mass is 328 g/mol. The van der Waals surface area contributed by atoms with Crippen molar-refractivity contribution in [1.82, 2.24) is 0 Å². The molecule has 104 valence electrons. The largest absolute Gasteiger partial charge is 0.495 e. The van der Waals surface area contributed by atoms with Crippen molar-refractivity contribution in [2.45, 2.75) is 13.0 Å². The summed E-state index contributed by atoms with van der Waals surface area (Å²) in [7, 11) is 1.57. The van der Waals surface area contributed by atoms with Crippen LogP contribution in [0.3, 0.4) is 0 Å². The molecule has 5 nitrogen and oxygen atoms in total. The molecule has 2 unspecified atom stereocenters. The maximum absolute atomic E-state index is 12.2. The lowest BCUT2D eigenvalue weighted by Crippen LogP contribution is -2.37. The Morgan fingerprint density at radius 3 is 2.84 bits per heavy atom. The molecule has 1 saturated heterocycles. The summed E-state index contributed by atoms with van der Waals surface area (Å²) >= 11 is 3.40. The van der Waals surface area contributed by atoms with E-state index >= 15 is 0 Å². The standard InChI is InChI=1S/C13H17BrN2O3/c1-7-3-8(14)4-11(18-2)12(7)16-13(17)9-5-19-6-10(9)15/h3-4,9-10H,5-6,15H2,1-2H3,(H,16,17). The number of hydrogen-bond acceptors (Lipinski definition) is 4. The normalized spacial score (nSPS) is 22.3. The fourth-order valence-electron chi connectivity index (χ4n) is 2.09. The highest BCUT2D eigenvalue weighted by atomic mass is 79.9. The zero-order valence-electron chi connectivity index (χ0n) is 10.9. The highest BCUT2D eigenvalue weighted by Gasteiger charge is 2.32. The molecule has 0 aromatic heterocycles. The molecule has 0 radical (unpaired) electrons. The summed E-state index contributed by atoms with van der Waals surface area (Å²) in [6.45, 7) is 2.70. The third-order valence-electron chi connectivity index (χ3n) is 3.19. The van der Waals surface area contributed by atoms with Crippen LogP contribution >= 0.6 is 15.9 Å². The highest BCUT2D eigenvalue weighted by molar-refractivity contribution is 9.10. The van der Waals surface area contributed by atoms with Gasteiger partial charge in [-0.25, -0.2) is 0 Å². The number of hydrogen-bond donors (Lipinski definition) is 2. The number of amides is 1. The van der Waals surface area contributed by atoms with Gasteiger partial charge in [-0.2, -0.15) is 0 Å². The van der Waals surface area contributed by atoms with Gasteiger partial charge in [0.05, 0.1) is 31.9 Å². The Balaban J connectivity index is 2.21. The fraction of sp³-hybridized carbons (Fsp3) is 0.462. The summed E-state index contributed by atoms with van der Waals surface area (Å²) in [6.07, 6.45) is 0. The van der Waals surface area contributed by atoms with Gasteiger partial charge in [-0.15, -0.1) is 0 Å². The molecule has 6 heteroatoms. The number of methoxy groups -OCH3 is 1. The van der Waals surface area contributed by atoms with Gasteiger partial charge < -0.3 is 20.5 Å². The average molecular weight is 329 g/mol. The third kappa shape index (κ3) is 3.08. The van der Waals surface area contributed by atoms with Crippen LogP contribution in [0.1, 0.15) is 5.56 Å². The van der Waals surface area contributed by atoms with Crippen LogP contribution in [0.25, 0.3) is 0 Å². The first-order chi connectivity index (χ1) is 9.02. The van der Waals surface area contributed by atoms with Gasteiger partial charge in [0, 0.05) is 10.5 Å². The Bertz CT molecular complexity index is 493. The molecule has 3 N–H and O–H groups in total. The van der Waals surface area contributed by atoms with E-state index in [-0.39, 0.29) is 17.9 Å². The van der Waals surface area contributed by atoms with Crippen molar-refractivity contribution < 1.29 is 14.3 Å². The van der Waals surface area contributed by atoms with Crippen molar-refractivity contribution in [3.8, 4) is 5.75 Å². The number of nitrogens with two attached hydrogens (primary N) is 1. The predicted molar refractivity (Wildman–Crippen MR) is 76.3 cm³/mol. The van der Waals surface area contributed by atoms with Crippen molar-refractivity contribution in [2.75, 3.05) is 25.6 Å². The van der Waals surface area contributed by atoms with E-state index in [2.05, 4.69) is 21.2 Å². The number of rotatable bonds is 3. The Morgan fingerprint density at radius 2 is 2.26 bits per heavy atom. The second-order valence-corrected chi connectivity index (χ2v) is 5.51. The minimum Gasteiger partial charge on any atom is -0.495 e. The molecule has 1 aliphatic rings. The lowest BCUT2D eigenvalue weighted by Gasteiger charge is -2.17. The van der Waals surface area contributed by atoms with E-state index in [1.54, 1.807) is 7.11 Å². The Hall–Kier alpha value is -1.11. The summed E-state index contributed by atoms with van der Waals surface area (Å²) in [5, 5.41) is 2.88. The molecule has 1 aromatic carbocycles. The molecular formula is C13H17BrN2O3. The number of halogens is 1. The second-order valence-electron chi connectivity index (χ2n) is 4.60. The smallest absolute Gasteiger partial charge is 0.231 e. The SMILES string of the molecule is COc1cc(Br)cc(C)c1NC(=O)C1COCC1N. The lowest BCUT2D eigenvalue weighted by atomic mass is 10.0. The van der Waals surface area contributed by atoms with Crippen LogP contribution in [-0.2, 0) is 9.53 Å². The summed E-state index contributed by atoms with van der Waals surface area (Å²) in [4.78, 5) is 12.2. The van der Waals surface area contributed by atoms with Crippen molar-refractivity contribution in [1.29, 1.82) is 0 Å². The first-order valence-electron chi connectivity index (χ1n) is 6.01. The minimum atomic E-state index is -0.312. The van der Waals surface area contributed by atoms with E-state index in [0.29, 0.717) is 24.7 Å². The molecular weight excluding hydrogens is 312 g/mol. The number of carbonyl (C=O) groups is 1. The second kappa shape index (κ2) is 5.90. The van der Waals surface area contributed by atoms with Crippen LogP contribution in [0.2, 0.25) is 0 Å². The summed E-state index contributed by atoms with van der Waals surface area (Å²) in [5.74, 6) is 0.175. The van der Waals surface area contributed by atoms with E-state index in [1.165, 1.54) is 0 Å². The van der Waals surface area contributed by atoms with Crippen molar-refractivity contribution in [3.05, 3.63) is 22.2 Å². The maximum Gasteiger partial charge on any atom is 0.231 e. The maximum atomic E-state index is 12.2. The van der Waals surface area contributed by atoms with Crippen molar-refractivity contribution in [3.63, 3.8) is 0 Å². The lowest BCUT2D eigenvalue weighted by molar-refractivity contribution is -0.120. The van der Waals surface area contributed by atoms with Crippen LogP contribution < -0.4 is 15.8 Å². The van der Waals surface area contributed by atoms with E-state index in [1.807, 2.05) is 19.1 Å². The Labute approximate surface area is 120 Å². The molecule has 19 heavy (non-hydrogen) atoms.